The molecule has 3 atom stereocenters. The molecule has 340 valence electrons. The van der Waals surface area contributed by atoms with E-state index in [-0.39, 0.29) is 11.3 Å². The molecule has 2 aliphatic rings. The highest BCUT2D eigenvalue weighted by Gasteiger charge is 2.48. The molecule has 4 aromatic carbocycles. The number of nitrogens with zero attached hydrogens (tertiary/aromatic N) is 1. The minimum Gasteiger partial charge on any atom is -0.384 e. The zero-order chi connectivity index (χ0) is 45.2. The lowest BCUT2D eigenvalue weighted by Crippen LogP contribution is -2.34. The molecule has 0 spiro atoms. The summed E-state index contributed by atoms with van der Waals surface area (Å²) in [6.07, 6.45) is 4.15. The lowest BCUT2D eigenvalue weighted by Gasteiger charge is -2.27. The van der Waals surface area contributed by atoms with Crippen molar-refractivity contribution in [2.45, 2.75) is 84.3 Å². The van der Waals surface area contributed by atoms with Crippen LogP contribution in [0.5, 0.6) is 0 Å². The summed E-state index contributed by atoms with van der Waals surface area (Å²) in [5, 5.41) is 10.3. The largest absolute Gasteiger partial charge is 0.501 e. The van der Waals surface area contributed by atoms with Crippen LogP contribution < -0.4 is 20.7 Å². The van der Waals surface area contributed by atoms with Crippen molar-refractivity contribution in [3.8, 4) is 0 Å². The number of halogens is 4. The van der Waals surface area contributed by atoms with E-state index in [1.54, 1.807) is 12.1 Å². The molecule has 2 aliphatic heterocycles. The van der Waals surface area contributed by atoms with E-state index in [0.29, 0.717) is 80.3 Å². The van der Waals surface area contributed by atoms with E-state index in [1.807, 2.05) is 59.3 Å². The maximum absolute atomic E-state index is 14.2. The fourth-order valence-corrected chi connectivity index (χ4v) is 10.9. The first-order valence-corrected chi connectivity index (χ1v) is 25.2. The fourth-order valence-electron chi connectivity index (χ4n) is 7.78. The van der Waals surface area contributed by atoms with E-state index >= 15 is 0 Å². The van der Waals surface area contributed by atoms with Crippen LogP contribution in [-0.4, -0.2) is 96.4 Å². The molecule has 18 heteroatoms. The van der Waals surface area contributed by atoms with E-state index in [2.05, 4.69) is 34.7 Å². The molecule has 0 aromatic heterocycles. The van der Waals surface area contributed by atoms with Gasteiger partial charge in [-0.2, -0.15) is 13.2 Å². The summed E-state index contributed by atoms with van der Waals surface area (Å²) < 4.78 is 103. The van der Waals surface area contributed by atoms with Gasteiger partial charge in [-0.3, -0.25) is 9.69 Å². The molecule has 11 nitrogen and oxygen atoms in total. The highest BCUT2D eigenvalue weighted by atomic mass is 35.5. The number of alkyl halides is 3. The number of anilines is 2. The first kappa shape index (κ1) is 48.4. The van der Waals surface area contributed by atoms with Crippen LogP contribution in [0.2, 0.25) is 5.02 Å². The van der Waals surface area contributed by atoms with Crippen LogP contribution in [0, 0.1) is 0 Å². The van der Waals surface area contributed by atoms with Crippen LogP contribution in [-0.2, 0) is 24.6 Å². The summed E-state index contributed by atoms with van der Waals surface area (Å²) in [4.78, 5) is 14.4. The predicted octanol–water partition coefficient (Wildman–Crippen LogP) is 8.85. The Kier molecular flexibility index (Phi) is 16.7. The van der Waals surface area contributed by atoms with Gasteiger partial charge in [-0.15, -0.1) is 11.8 Å². The third kappa shape index (κ3) is 13.0. The SMILES string of the molecule is C[C@@H]1CC[C@H](C)N1CCC[C@H](CSc1ccccc1)Nc1ccc(S(=O)(=O)NC(=O)c2ccc(NCCNCC3=C(c4ccc(Cl)cc4)CCOC3)cc2)cc1S(=O)(=O)C(F)(F)F. The van der Waals surface area contributed by atoms with Crippen molar-refractivity contribution in [1.82, 2.24) is 14.9 Å². The molecular weight excluding hydrogens is 895 g/mol. The number of sulfone groups is 1. The Morgan fingerprint density at radius 2 is 1.62 bits per heavy atom. The van der Waals surface area contributed by atoms with E-state index in [4.69, 9.17) is 16.3 Å². The molecule has 0 aliphatic carbocycles. The Labute approximate surface area is 377 Å². The second kappa shape index (κ2) is 21.7. The van der Waals surface area contributed by atoms with Gasteiger partial charge in [0.25, 0.3) is 25.8 Å². The lowest BCUT2D eigenvalue weighted by atomic mass is 9.96. The lowest BCUT2D eigenvalue weighted by molar-refractivity contribution is -0.0435. The van der Waals surface area contributed by atoms with Gasteiger partial charge in [0.2, 0.25) is 0 Å². The number of hydrogen-bond acceptors (Lipinski definition) is 11. The van der Waals surface area contributed by atoms with Gasteiger partial charge in [0, 0.05) is 64.7 Å². The second-order valence-corrected chi connectivity index (χ2v) is 20.9. The predicted molar refractivity (Wildman–Crippen MR) is 245 cm³/mol. The number of hydrogen-bond donors (Lipinski definition) is 4. The first-order valence-electron chi connectivity index (χ1n) is 20.8. The number of thioether (sulfide) groups is 1. The van der Waals surface area contributed by atoms with Crippen molar-refractivity contribution in [2.24, 2.45) is 0 Å². The highest BCUT2D eigenvalue weighted by Crippen LogP contribution is 2.37. The van der Waals surface area contributed by atoms with Crippen LogP contribution in [0.4, 0.5) is 24.5 Å². The number of ether oxygens (including phenoxy) is 1. The van der Waals surface area contributed by atoms with Crippen LogP contribution >= 0.6 is 23.4 Å². The van der Waals surface area contributed by atoms with Crippen molar-refractivity contribution in [3.05, 3.63) is 119 Å². The van der Waals surface area contributed by atoms with Crippen molar-refractivity contribution in [2.75, 3.05) is 55.8 Å². The molecule has 1 amide bonds. The minimum atomic E-state index is -6.05. The third-order valence-electron chi connectivity index (χ3n) is 11.3. The van der Waals surface area contributed by atoms with E-state index < -0.39 is 47.1 Å². The number of sulfonamides is 1. The highest BCUT2D eigenvalue weighted by molar-refractivity contribution is 7.99. The number of likely N-dealkylation sites (tertiary alicyclic amines) is 1. The van der Waals surface area contributed by atoms with Crippen molar-refractivity contribution in [1.29, 1.82) is 0 Å². The summed E-state index contributed by atoms with van der Waals surface area (Å²) in [5.41, 5.74) is -2.01. The second-order valence-electron chi connectivity index (χ2n) is 15.7. The smallest absolute Gasteiger partial charge is 0.384 e. The summed E-state index contributed by atoms with van der Waals surface area (Å²) in [6.45, 7) is 8.03. The number of benzene rings is 4. The molecule has 4 N–H and O–H groups in total. The number of amides is 1. The number of nitrogens with one attached hydrogen (secondary N) is 4. The van der Waals surface area contributed by atoms with Crippen LogP contribution in [0.3, 0.4) is 0 Å². The molecule has 4 aromatic rings. The van der Waals surface area contributed by atoms with Gasteiger partial charge in [-0.05, 0) is 136 Å². The Morgan fingerprint density at radius 1 is 0.921 bits per heavy atom. The number of carbonyl (C=O) groups excluding carboxylic acids is 1. The molecule has 0 unspecified atom stereocenters. The Hall–Kier alpha value is -4.10. The fraction of sp³-hybridized carbons (Fsp3) is 0.400. The number of carbonyl (C=O) groups is 1. The molecule has 2 heterocycles. The zero-order valence-electron chi connectivity index (χ0n) is 35.1. The molecule has 6 rings (SSSR count). The summed E-state index contributed by atoms with van der Waals surface area (Å²) in [5.74, 6) is -0.659. The minimum absolute atomic E-state index is 0.0425. The average Bonchev–Trinajstić information content (AvgIpc) is 3.58. The third-order valence-corrected chi connectivity index (χ3v) is 15.5. The molecule has 63 heavy (non-hydrogen) atoms. The Balaban J connectivity index is 1.10. The van der Waals surface area contributed by atoms with Gasteiger partial charge in [0.1, 0.15) is 4.90 Å². The Bertz CT molecular complexity index is 2420. The van der Waals surface area contributed by atoms with Crippen LogP contribution in [0.25, 0.3) is 5.57 Å². The van der Waals surface area contributed by atoms with E-state index in [9.17, 15) is 34.8 Å². The molecule has 0 radical (unpaired) electrons. The molecule has 0 saturated carbocycles. The summed E-state index contributed by atoms with van der Waals surface area (Å²) in [6, 6.07) is 25.9. The maximum atomic E-state index is 14.2. The van der Waals surface area contributed by atoms with Gasteiger partial charge < -0.3 is 20.7 Å². The molecule has 1 saturated heterocycles. The monoisotopic (exact) mass is 947 g/mol. The van der Waals surface area contributed by atoms with E-state index in [0.717, 1.165) is 54.0 Å². The topological polar surface area (TPSA) is 146 Å². The Morgan fingerprint density at radius 3 is 2.30 bits per heavy atom. The quantitative estimate of drug-likeness (QED) is 0.0498. The molecular formula is C45H53ClF3N5O6S3. The summed E-state index contributed by atoms with van der Waals surface area (Å²) >= 11 is 7.53. The standard InChI is InChI=1S/C45H53ClF3N5O6S3/c1-31-10-11-32(2)54(31)25-6-7-38(30-61-39-8-4-3-5-9-39)52-42-21-20-40(27-43(42)62(56,57)45(47,48)49)63(58,59)53-44(55)34-14-18-37(19-15-34)51-24-23-50-28-35-29-60-26-22-41(35)33-12-16-36(46)17-13-33/h3-5,8-9,12-21,27,31-32,38,50-52H,6-7,10-11,22-26,28-30H2,1-2H3,(H,53,55)/t31-,32+,38-/m1/s1. The van der Waals surface area contributed by atoms with Gasteiger partial charge in [-0.1, -0.05) is 41.9 Å². The average molecular weight is 949 g/mol. The van der Waals surface area contributed by atoms with Gasteiger partial charge in [0.05, 0.1) is 23.8 Å². The van der Waals surface area contributed by atoms with Crippen LogP contribution in [0.15, 0.2) is 117 Å². The molecule has 1 fully saturated rings. The van der Waals surface area contributed by atoms with Gasteiger partial charge in [0.15, 0.2) is 0 Å². The van der Waals surface area contributed by atoms with Crippen molar-refractivity contribution < 1.29 is 39.5 Å². The maximum Gasteiger partial charge on any atom is 0.501 e. The van der Waals surface area contributed by atoms with Crippen molar-refractivity contribution >= 4 is 66.1 Å². The van der Waals surface area contributed by atoms with E-state index in [1.165, 1.54) is 29.5 Å². The number of rotatable bonds is 20. The normalized spacial score (nSPS) is 18.0. The van der Waals surface area contributed by atoms with Gasteiger partial charge in [-0.25, -0.2) is 21.6 Å². The van der Waals surface area contributed by atoms with Crippen LogP contribution in [0.1, 0.15) is 61.9 Å². The summed E-state index contributed by atoms with van der Waals surface area (Å²) in [7, 11) is -10.9. The zero-order valence-corrected chi connectivity index (χ0v) is 38.3. The van der Waals surface area contributed by atoms with Gasteiger partial charge >= 0.3 is 5.51 Å². The molecule has 0 bridgehead atoms. The van der Waals surface area contributed by atoms with Crippen molar-refractivity contribution in [3.63, 3.8) is 0 Å². The first-order chi connectivity index (χ1) is 30.0.